The van der Waals surface area contributed by atoms with Crippen LogP contribution in [0.4, 0.5) is 0 Å². The molecule has 0 aromatic carbocycles. The van der Waals surface area contributed by atoms with E-state index in [1.54, 1.807) is 0 Å². The number of carbonyl (C=O) groups is 3. The first kappa shape index (κ1) is 87.5. The Labute approximate surface area is 563 Å². The van der Waals surface area contributed by atoms with Gasteiger partial charge in [0.1, 0.15) is 13.2 Å². The maximum Gasteiger partial charge on any atom is 0.361 e. The first-order chi connectivity index (χ1) is 44.6. The molecule has 0 spiro atoms. The second-order valence-electron chi connectivity index (χ2n) is 27.3. The normalized spacial score (nSPS) is 13.1. The SMILES string of the molecule is CC/C=C\C/C=C\C/C=C\C/C=C\C/C=C\C/C=C\C/C=C\CCCCCCCCCCCCCCCCCCCCCC(=O)OC(COC(=O)CCCCCCCCCCCCCCCCCCCCCCCCCCC)COC(OCC[N+](C)(C)C)C(=O)O. The summed E-state index contributed by atoms with van der Waals surface area (Å²) in [4.78, 5) is 37.7. The molecule has 528 valence electrons. The average Bonchev–Trinajstić information content (AvgIpc) is 3.53. The highest BCUT2D eigenvalue weighted by Gasteiger charge is 2.25. The van der Waals surface area contributed by atoms with Gasteiger partial charge in [0, 0.05) is 12.8 Å². The second kappa shape index (κ2) is 72.3. The van der Waals surface area contributed by atoms with Crippen molar-refractivity contribution < 1.29 is 42.9 Å². The maximum absolute atomic E-state index is 13.0. The number of carbonyl (C=O) groups excluding carboxylic acids is 2. The Morgan fingerprint density at radius 3 is 0.934 bits per heavy atom. The van der Waals surface area contributed by atoms with E-state index in [-0.39, 0.29) is 38.2 Å². The van der Waals surface area contributed by atoms with Gasteiger partial charge in [-0.15, -0.1) is 0 Å². The molecule has 0 aliphatic carbocycles. The summed E-state index contributed by atoms with van der Waals surface area (Å²) in [5, 5.41) is 9.76. The van der Waals surface area contributed by atoms with E-state index in [0.717, 1.165) is 83.5 Å². The Balaban J connectivity index is 4.00. The molecule has 0 saturated heterocycles. The molecule has 9 nitrogen and oxygen atoms in total. The number of aliphatic carboxylic acids is 1. The molecule has 2 unspecified atom stereocenters. The van der Waals surface area contributed by atoms with Crippen molar-refractivity contribution in [1.82, 2.24) is 0 Å². The monoisotopic (exact) mass is 1280 g/mol. The molecule has 1 N–H and O–H groups in total. The topological polar surface area (TPSA) is 108 Å². The summed E-state index contributed by atoms with van der Waals surface area (Å²) in [6.07, 6.45) is 95.8. The average molecular weight is 1280 g/mol. The summed E-state index contributed by atoms with van der Waals surface area (Å²) in [6.45, 7) is 4.82. The van der Waals surface area contributed by atoms with Crippen LogP contribution in [0.5, 0.6) is 0 Å². The van der Waals surface area contributed by atoms with E-state index in [1.165, 1.54) is 250 Å². The lowest BCUT2D eigenvalue weighted by Crippen LogP contribution is -2.40. The molecule has 0 aromatic heterocycles. The summed E-state index contributed by atoms with van der Waals surface area (Å²) >= 11 is 0. The summed E-state index contributed by atoms with van der Waals surface area (Å²) in [7, 11) is 5.99. The van der Waals surface area contributed by atoms with Crippen molar-refractivity contribution in [3.8, 4) is 0 Å². The van der Waals surface area contributed by atoms with Crippen molar-refractivity contribution in [2.75, 3.05) is 47.5 Å². The van der Waals surface area contributed by atoms with Crippen LogP contribution in [0.25, 0.3) is 0 Å². The van der Waals surface area contributed by atoms with Gasteiger partial charge in [-0.2, -0.15) is 0 Å². The maximum atomic E-state index is 13.0. The second-order valence-corrected chi connectivity index (χ2v) is 27.3. The fourth-order valence-corrected chi connectivity index (χ4v) is 11.3. The lowest BCUT2D eigenvalue weighted by Gasteiger charge is -2.25. The molecule has 91 heavy (non-hydrogen) atoms. The van der Waals surface area contributed by atoms with Crippen LogP contribution in [0.2, 0.25) is 0 Å². The standard InChI is InChI=1S/C82H147NO8/c1-6-8-10-12-14-16-18-20-22-24-26-28-30-32-33-34-35-36-37-38-39-40-41-42-43-44-45-46-47-49-51-53-55-57-59-61-63-65-67-69-71-73-80(85)91-78(77-90-82(81(86)87)88-75-74-83(3,4)5)76-89-79(84)72-70-68-66-64-62-60-58-56-54-52-50-48-31-29-27-25-23-21-19-17-15-13-11-9-7-2/h8,10,14,16,20,22,26,28,32-33,35-36,38-39,78,82H,6-7,9,11-13,15,17-19,21,23-25,27,29-31,34,37,40-77H2,1-5H3/p+1/b10-8-,16-14-,22-20-,28-26-,33-32-,36-35-,39-38-. The zero-order valence-corrected chi connectivity index (χ0v) is 60.5. The van der Waals surface area contributed by atoms with Crippen LogP contribution in [0, 0.1) is 0 Å². The number of quaternary nitrogens is 1. The molecule has 0 aliphatic rings. The van der Waals surface area contributed by atoms with E-state index in [1.807, 2.05) is 21.1 Å². The molecule has 0 radical (unpaired) electrons. The highest BCUT2D eigenvalue weighted by atomic mass is 16.7. The number of rotatable bonds is 72. The third-order valence-corrected chi connectivity index (χ3v) is 17.2. The van der Waals surface area contributed by atoms with Gasteiger partial charge in [0.05, 0.1) is 34.4 Å². The Kier molecular flexibility index (Phi) is 69.5. The Morgan fingerprint density at radius 1 is 0.341 bits per heavy atom. The molecule has 0 aliphatic heterocycles. The van der Waals surface area contributed by atoms with Crippen molar-refractivity contribution in [3.05, 3.63) is 85.1 Å². The van der Waals surface area contributed by atoms with Gasteiger partial charge in [0.25, 0.3) is 6.29 Å². The summed E-state index contributed by atoms with van der Waals surface area (Å²) in [5.41, 5.74) is 0. The third-order valence-electron chi connectivity index (χ3n) is 17.2. The van der Waals surface area contributed by atoms with Crippen LogP contribution >= 0.6 is 0 Å². The summed E-state index contributed by atoms with van der Waals surface area (Å²) in [6, 6.07) is 0. The minimum Gasteiger partial charge on any atom is -0.477 e. The largest absolute Gasteiger partial charge is 0.477 e. The molecule has 0 saturated carbocycles. The van der Waals surface area contributed by atoms with Crippen LogP contribution in [0.1, 0.15) is 361 Å². The molecule has 9 heteroatoms. The number of nitrogens with zero attached hydrogens (tertiary/aromatic N) is 1. The molecule has 0 heterocycles. The van der Waals surface area contributed by atoms with E-state index >= 15 is 0 Å². The quantitative estimate of drug-likeness (QED) is 0.0211. The van der Waals surface area contributed by atoms with Gasteiger partial charge in [-0.3, -0.25) is 9.59 Å². The van der Waals surface area contributed by atoms with E-state index < -0.39 is 18.4 Å². The van der Waals surface area contributed by atoms with Crippen LogP contribution in [0.3, 0.4) is 0 Å². The molecular formula is C82H148NO8+. The van der Waals surface area contributed by atoms with Crippen molar-refractivity contribution in [2.24, 2.45) is 0 Å². The fraction of sp³-hybridized carbons (Fsp3) is 0.793. The highest BCUT2D eigenvalue weighted by molar-refractivity contribution is 5.71. The van der Waals surface area contributed by atoms with Crippen LogP contribution in [0.15, 0.2) is 85.1 Å². The van der Waals surface area contributed by atoms with Crippen molar-refractivity contribution in [1.29, 1.82) is 0 Å². The van der Waals surface area contributed by atoms with Crippen molar-refractivity contribution >= 4 is 17.9 Å². The number of unbranched alkanes of at least 4 members (excludes halogenated alkanes) is 43. The van der Waals surface area contributed by atoms with Crippen molar-refractivity contribution in [3.63, 3.8) is 0 Å². The zero-order valence-electron chi connectivity index (χ0n) is 60.5. The Bertz CT molecular complexity index is 1770. The summed E-state index contributed by atoms with van der Waals surface area (Å²) in [5.74, 6) is -1.98. The minimum atomic E-state index is -1.51. The van der Waals surface area contributed by atoms with Gasteiger partial charge >= 0.3 is 17.9 Å². The first-order valence-electron chi connectivity index (χ1n) is 38.8. The lowest BCUT2D eigenvalue weighted by molar-refractivity contribution is -0.870. The number of allylic oxidation sites excluding steroid dienone is 14. The van der Waals surface area contributed by atoms with Gasteiger partial charge in [-0.05, 0) is 70.6 Å². The molecule has 0 fully saturated rings. The van der Waals surface area contributed by atoms with E-state index in [9.17, 15) is 19.5 Å². The molecule has 2 atom stereocenters. The number of ether oxygens (including phenoxy) is 4. The molecular weight excluding hydrogens is 1130 g/mol. The molecule has 0 rings (SSSR count). The predicted octanol–water partition coefficient (Wildman–Crippen LogP) is 24.6. The molecule has 0 amide bonds. The van der Waals surface area contributed by atoms with Gasteiger partial charge in [-0.1, -0.05) is 362 Å². The number of hydrogen-bond acceptors (Lipinski definition) is 7. The lowest BCUT2D eigenvalue weighted by atomic mass is 10.0. The van der Waals surface area contributed by atoms with Gasteiger partial charge in [-0.25, -0.2) is 4.79 Å². The number of esters is 2. The van der Waals surface area contributed by atoms with Gasteiger partial charge < -0.3 is 28.5 Å². The third kappa shape index (κ3) is 73.7. The van der Waals surface area contributed by atoms with E-state index in [2.05, 4.69) is 98.9 Å². The van der Waals surface area contributed by atoms with Crippen molar-refractivity contribution in [2.45, 2.75) is 373 Å². The zero-order chi connectivity index (χ0) is 66.1. The number of hydrogen-bond donors (Lipinski definition) is 1. The Morgan fingerprint density at radius 2 is 0.626 bits per heavy atom. The minimum absolute atomic E-state index is 0.178. The van der Waals surface area contributed by atoms with E-state index in [4.69, 9.17) is 18.9 Å². The fourth-order valence-electron chi connectivity index (χ4n) is 11.3. The highest BCUT2D eigenvalue weighted by Crippen LogP contribution is 2.19. The van der Waals surface area contributed by atoms with Crippen LogP contribution in [-0.4, -0.2) is 87.4 Å². The molecule has 0 aromatic rings. The smallest absolute Gasteiger partial charge is 0.361 e. The first-order valence-corrected chi connectivity index (χ1v) is 38.8. The number of carboxylic acids is 1. The van der Waals surface area contributed by atoms with Crippen LogP contribution < -0.4 is 0 Å². The van der Waals surface area contributed by atoms with E-state index in [0.29, 0.717) is 17.4 Å². The Hall–Kier alpha value is -3.53. The summed E-state index contributed by atoms with van der Waals surface area (Å²) < 4.78 is 23.0. The van der Waals surface area contributed by atoms with Gasteiger partial charge in [0.2, 0.25) is 0 Å². The van der Waals surface area contributed by atoms with Gasteiger partial charge in [0.15, 0.2) is 6.10 Å². The predicted molar refractivity (Wildman–Crippen MR) is 392 cm³/mol. The molecule has 0 bridgehead atoms. The van der Waals surface area contributed by atoms with Crippen LogP contribution in [-0.2, 0) is 33.3 Å². The number of likely N-dealkylation sites (N-methyl/N-ethyl adjacent to an activating group) is 1. The number of carboxylic acid groups (broad SMARTS) is 1.